The number of hydrogen-bond acceptors (Lipinski definition) is 3. The highest BCUT2D eigenvalue weighted by atomic mass is 16.5. The molecule has 0 aromatic heterocycles. The minimum absolute atomic E-state index is 0.0669. The van der Waals surface area contributed by atoms with Crippen LogP contribution in [0.4, 0.5) is 11.4 Å². The van der Waals surface area contributed by atoms with E-state index in [0.717, 1.165) is 56.8 Å². The minimum atomic E-state index is 0.0669. The van der Waals surface area contributed by atoms with Crippen LogP contribution in [-0.2, 0) is 20.7 Å². The largest absolute Gasteiger partial charge is 0.381 e. The quantitative estimate of drug-likeness (QED) is 0.848. The van der Waals surface area contributed by atoms with Crippen LogP contribution in [0.25, 0.3) is 0 Å². The van der Waals surface area contributed by atoms with Gasteiger partial charge >= 0.3 is 0 Å². The molecule has 1 N–H and O–H groups in total. The highest BCUT2D eigenvalue weighted by Crippen LogP contribution is 2.36. The van der Waals surface area contributed by atoms with Crippen molar-refractivity contribution in [3.05, 3.63) is 23.8 Å². The topological polar surface area (TPSA) is 58.6 Å². The fourth-order valence-electron chi connectivity index (χ4n) is 3.99. The van der Waals surface area contributed by atoms with Crippen molar-refractivity contribution >= 4 is 23.2 Å². The average molecular weight is 356 g/mol. The summed E-state index contributed by atoms with van der Waals surface area (Å²) in [4.78, 5) is 26.5. The van der Waals surface area contributed by atoms with Crippen molar-refractivity contribution in [3.8, 4) is 0 Å². The first-order valence-corrected chi connectivity index (χ1v) is 10.00. The van der Waals surface area contributed by atoms with Crippen molar-refractivity contribution in [2.75, 3.05) is 30.0 Å². The fourth-order valence-corrected chi connectivity index (χ4v) is 3.99. The van der Waals surface area contributed by atoms with E-state index in [2.05, 4.69) is 5.32 Å². The molecule has 2 fully saturated rings. The van der Waals surface area contributed by atoms with Gasteiger partial charge in [-0.05, 0) is 74.1 Å². The van der Waals surface area contributed by atoms with Gasteiger partial charge in [0.15, 0.2) is 0 Å². The monoisotopic (exact) mass is 356 g/mol. The third-order valence-electron chi connectivity index (χ3n) is 5.74. The smallest absolute Gasteiger partial charge is 0.227 e. The predicted octanol–water partition coefficient (Wildman–Crippen LogP) is 3.52. The molecule has 2 amide bonds. The van der Waals surface area contributed by atoms with E-state index in [-0.39, 0.29) is 11.8 Å². The third-order valence-corrected chi connectivity index (χ3v) is 5.74. The average Bonchev–Trinajstić information content (AvgIpc) is 3.47. The lowest BCUT2D eigenvalue weighted by molar-refractivity contribution is -0.119. The van der Waals surface area contributed by atoms with Gasteiger partial charge in [0.25, 0.3) is 0 Å². The Hall–Kier alpha value is -1.88. The van der Waals surface area contributed by atoms with E-state index in [1.807, 2.05) is 23.1 Å². The lowest BCUT2D eigenvalue weighted by Crippen LogP contribution is -2.36. The van der Waals surface area contributed by atoms with E-state index < -0.39 is 0 Å². The van der Waals surface area contributed by atoms with E-state index in [1.165, 1.54) is 18.4 Å². The van der Waals surface area contributed by atoms with E-state index in [1.54, 1.807) is 0 Å². The second kappa shape index (κ2) is 7.78. The zero-order chi connectivity index (χ0) is 17.9. The molecule has 140 valence electrons. The molecule has 1 saturated heterocycles. The van der Waals surface area contributed by atoms with Crippen LogP contribution in [0.15, 0.2) is 18.2 Å². The lowest BCUT2D eigenvalue weighted by Gasteiger charge is -2.30. The minimum Gasteiger partial charge on any atom is -0.381 e. The molecule has 5 heteroatoms. The van der Waals surface area contributed by atoms with Gasteiger partial charge in [0.2, 0.25) is 11.8 Å². The van der Waals surface area contributed by atoms with E-state index in [4.69, 9.17) is 4.74 Å². The molecular formula is C21H28N2O3. The zero-order valence-corrected chi connectivity index (χ0v) is 15.3. The first-order chi connectivity index (χ1) is 12.7. The second-order valence-corrected chi connectivity index (χ2v) is 7.96. The number of amides is 2. The van der Waals surface area contributed by atoms with Crippen molar-refractivity contribution in [3.63, 3.8) is 0 Å². The summed E-state index contributed by atoms with van der Waals surface area (Å²) in [6.07, 6.45) is 7.50. The number of nitrogens with one attached hydrogen (secondary N) is 1. The van der Waals surface area contributed by atoms with Gasteiger partial charge < -0.3 is 15.0 Å². The molecule has 0 spiro atoms. The highest BCUT2D eigenvalue weighted by molar-refractivity contribution is 5.97. The molecular weight excluding hydrogens is 328 g/mol. The third kappa shape index (κ3) is 4.26. The van der Waals surface area contributed by atoms with Gasteiger partial charge in [-0.1, -0.05) is 0 Å². The van der Waals surface area contributed by atoms with Crippen molar-refractivity contribution in [2.24, 2.45) is 11.8 Å². The van der Waals surface area contributed by atoms with Gasteiger partial charge in [0.1, 0.15) is 0 Å². The Balaban J connectivity index is 1.35. The Kier molecular flexibility index (Phi) is 5.25. The van der Waals surface area contributed by atoms with Crippen LogP contribution in [0.2, 0.25) is 0 Å². The van der Waals surface area contributed by atoms with E-state index >= 15 is 0 Å². The Morgan fingerprint density at radius 2 is 2.08 bits per heavy atom. The van der Waals surface area contributed by atoms with Crippen LogP contribution in [0.3, 0.4) is 0 Å². The van der Waals surface area contributed by atoms with Crippen molar-refractivity contribution in [1.82, 2.24) is 0 Å². The number of fused-ring (bicyclic) bond motifs is 1. The fraction of sp³-hybridized carbons (Fsp3) is 0.619. The normalized spacial score (nSPS) is 22.8. The number of aryl methyl sites for hydroxylation is 1. The first kappa shape index (κ1) is 17.5. The molecule has 0 bridgehead atoms. The maximum atomic E-state index is 12.3. The molecule has 1 unspecified atom stereocenters. The SMILES string of the molecule is O=C(CCC1CCCOC1)Nc1ccc2c(c1)CCC(=O)N2CC1CC1. The molecule has 0 radical (unpaired) electrons. The Bertz CT molecular complexity index is 678. The van der Waals surface area contributed by atoms with Gasteiger partial charge in [-0.2, -0.15) is 0 Å². The molecule has 1 aromatic carbocycles. The zero-order valence-electron chi connectivity index (χ0n) is 15.3. The molecule has 26 heavy (non-hydrogen) atoms. The Morgan fingerprint density at radius 3 is 2.85 bits per heavy atom. The van der Waals surface area contributed by atoms with Gasteiger partial charge in [-0.3, -0.25) is 9.59 Å². The summed E-state index contributed by atoms with van der Waals surface area (Å²) >= 11 is 0. The number of hydrogen-bond donors (Lipinski definition) is 1. The summed E-state index contributed by atoms with van der Waals surface area (Å²) in [5, 5.41) is 3.03. The second-order valence-electron chi connectivity index (χ2n) is 7.96. The molecule has 2 aliphatic heterocycles. The van der Waals surface area contributed by atoms with Crippen LogP contribution in [0, 0.1) is 11.8 Å². The van der Waals surface area contributed by atoms with Gasteiger partial charge in [0, 0.05) is 44.0 Å². The van der Waals surface area contributed by atoms with E-state index in [9.17, 15) is 9.59 Å². The number of rotatable bonds is 6. The number of benzene rings is 1. The van der Waals surface area contributed by atoms with Crippen molar-refractivity contribution in [2.45, 2.75) is 51.4 Å². The molecule has 1 aliphatic carbocycles. The number of anilines is 2. The summed E-state index contributed by atoms with van der Waals surface area (Å²) in [5.74, 6) is 1.49. The first-order valence-electron chi connectivity index (χ1n) is 10.00. The molecule has 5 nitrogen and oxygen atoms in total. The molecule has 1 aromatic rings. The van der Waals surface area contributed by atoms with Crippen LogP contribution in [0.5, 0.6) is 0 Å². The molecule has 4 rings (SSSR count). The molecule has 1 atom stereocenters. The van der Waals surface area contributed by atoms with Crippen molar-refractivity contribution < 1.29 is 14.3 Å². The van der Waals surface area contributed by atoms with E-state index in [0.29, 0.717) is 24.7 Å². The van der Waals surface area contributed by atoms with Crippen LogP contribution >= 0.6 is 0 Å². The molecule has 3 aliphatic rings. The Morgan fingerprint density at radius 1 is 1.19 bits per heavy atom. The predicted molar refractivity (Wildman–Crippen MR) is 101 cm³/mol. The van der Waals surface area contributed by atoms with Gasteiger partial charge in [0.05, 0.1) is 0 Å². The van der Waals surface area contributed by atoms with Crippen LogP contribution in [0.1, 0.15) is 50.5 Å². The summed E-state index contributed by atoms with van der Waals surface area (Å²) < 4.78 is 5.48. The van der Waals surface area contributed by atoms with Gasteiger partial charge in [-0.25, -0.2) is 0 Å². The summed E-state index contributed by atoms with van der Waals surface area (Å²) in [6.45, 7) is 2.50. The van der Waals surface area contributed by atoms with Crippen molar-refractivity contribution in [1.29, 1.82) is 0 Å². The standard InChI is InChI=1S/C21H28N2O3/c24-20(9-5-16-2-1-11-26-14-16)22-18-7-8-19-17(12-18)6-10-21(25)23(19)13-15-3-4-15/h7-8,12,15-16H,1-6,9-11,13-14H2,(H,22,24). The number of ether oxygens (including phenoxy) is 1. The summed E-state index contributed by atoms with van der Waals surface area (Å²) in [7, 11) is 0. The van der Waals surface area contributed by atoms with Crippen LogP contribution < -0.4 is 10.2 Å². The highest BCUT2D eigenvalue weighted by Gasteiger charge is 2.31. The number of nitrogens with zero attached hydrogens (tertiary/aromatic N) is 1. The van der Waals surface area contributed by atoms with Crippen LogP contribution in [-0.4, -0.2) is 31.6 Å². The Labute approximate surface area is 155 Å². The number of carbonyl (C=O) groups excluding carboxylic acids is 2. The molecule has 2 heterocycles. The van der Waals surface area contributed by atoms with Gasteiger partial charge in [-0.15, -0.1) is 0 Å². The number of carbonyl (C=O) groups is 2. The summed E-state index contributed by atoms with van der Waals surface area (Å²) in [5.41, 5.74) is 3.04. The maximum Gasteiger partial charge on any atom is 0.227 e. The maximum absolute atomic E-state index is 12.3. The summed E-state index contributed by atoms with van der Waals surface area (Å²) in [6, 6.07) is 5.97. The molecule has 1 saturated carbocycles. The lowest BCUT2D eigenvalue weighted by atomic mass is 9.96.